The molecule has 14 heteroatoms. The van der Waals surface area contributed by atoms with Crippen LogP contribution in [0.3, 0.4) is 0 Å². The van der Waals surface area contributed by atoms with Crippen LogP contribution >= 0.6 is 0 Å². The molecule has 0 aliphatic carbocycles. The van der Waals surface area contributed by atoms with Gasteiger partial charge in [0.15, 0.2) is 0 Å². The van der Waals surface area contributed by atoms with Crippen molar-refractivity contribution in [3.05, 3.63) is 65.9 Å². The second kappa shape index (κ2) is 15.9. The predicted molar refractivity (Wildman–Crippen MR) is 224 cm³/mol. The Bertz CT molecular complexity index is 2400. The van der Waals surface area contributed by atoms with Gasteiger partial charge in [0, 0.05) is 37.1 Å². The topological polar surface area (TPSA) is 164 Å². The van der Waals surface area contributed by atoms with Crippen LogP contribution in [-0.4, -0.2) is 93.4 Å². The van der Waals surface area contributed by atoms with E-state index in [1.807, 2.05) is 51.8 Å². The van der Waals surface area contributed by atoms with E-state index in [2.05, 4.69) is 58.6 Å². The monoisotopic (exact) mass is 805 g/mol. The Labute approximate surface area is 344 Å². The van der Waals surface area contributed by atoms with E-state index in [1.54, 1.807) is 12.0 Å². The number of amides is 3. The van der Waals surface area contributed by atoms with Crippen molar-refractivity contribution in [3.63, 3.8) is 0 Å². The molecule has 3 aliphatic rings. The average molecular weight is 806 g/mol. The van der Waals surface area contributed by atoms with Crippen LogP contribution in [0.2, 0.25) is 0 Å². The van der Waals surface area contributed by atoms with Gasteiger partial charge in [-0.15, -0.1) is 0 Å². The van der Waals surface area contributed by atoms with Crippen LogP contribution in [0.4, 0.5) is 9.59 Å². The molecule has 14 nitrogen and oxygen atoms in total. The Morgan fingerprint density at radius 3 is 2.53 bits per heavy atom. The van der Waals surface area contributed by atoms with Crippen LogP contribution in [0.25, 0.3) is 44.2 Å². The second-order valence-electron chi connectivity index (χ2n) is 17.5. The van der Waals surface area contributed by atoms with Crippen molar-refractivity contribution in [2.45, 2.75) is 91.1 Å². The van der Waals surface area contributed by atoms with Crippen molar-refractivity contribution >= 4 is 39.9 Å². The summed E-state index contributed by atoms with van der Waals surface area (Å²) in [5, 5.41) is 4.77. The number of H-pyrrole nitrogens is 2. The van der Waals surface area contributed by atoms with Gasteiger partial charge in [-0.3, -0.25) is 9.69 Å². The summed E-state index contributed by atoms with van der Waals surface area (Å²) in [6.07, 6.45) is 3.06. The molecule has 2 aromatic heterocycles. The molecule has 3 aromatic carbocycles. The number of likely N-dealkylation sites (tertiary alicyclic amines) is 2. The lowest BCUT2D eigenvalue weighted by Gasteiger charge is -2.30. The van der Waals surface area contributed by atoms with Crippen LogP contribution in [0.15, 0.2) is 48.7 Å². The van der Waals surface area contributed by atoms with Gasteiger partial charge in [0.1, 0.15) is 35.6 Å². The number of hydrogen-bond acceptors (Lipinski definition) is 9. The Morgan fingerprint density at radius 1 is 0.983 bits per heavy atom. The van der Waals surface area contributed by atoms with E-state index in [0.717, 1.165) is 86.4 Å². The summed E-state index contributed by atoms with van der Waals surface area (Å²) < 4.78 is 22.5. The fourth-order valence-electron chi connectivity index (χ4n) is 8.94. The highest BCUT2D eigenvalue weighted by Crippen LogP contribution is 2.44. The minimum absolute atomic E-state index is 0.0690. The number of fused-ring (bicyclic) bond motifs is 6. The molecule has 3 amide bonds. The Kier molecular flexibility index (Phi) is 10.8. The van der Waals surface area contributed by atoms with Gasteiger partial charge in [-0.05, 0) is 91.8 Å². The normalized spacial score (nSPS) is 21.2. The quantitative estimate of drug-likeness (QED) is 0.133. The molecule has 59 heavy (non-hydrogen) atoms. The molecule has 3 aliphatic heterocycles. The maximum Gasteiger partial charge on any atom is 0.410 e. The highest BCUT2D eigenvalue weighted by Gasteiger charge is 2.42. The third kappa shape index (κ3) is 7.82. The summed E-state index contributed by atoms with van der Waals surface area (Å²) in [6, 6.07) is 13.5. The molecule has 0 bridgehead atoms. The number of nitrogens with zero attached hydrogens (tertiary/aromatic N) is 4. The molecule has 312 valence electrons. The number of carbonyl (C=O) groups is 3. The lowest BCUT2D eigenvalue weighted by atomic mass is 9.92. The number of imidazole rings is 2. The van der Waals surface area contributed by atoms with Crippen LogP contribution in [0, 0.1) is 17.8 Å². The van der Waals surface area contributed by atoms with Gasteiger partial charge in [0.25, 0.3) is 0 Å². The predicted octanol–water partition coefficient (Wildman–Crippen LogP) is 8.29. The zero-order chi connectivity index (χ0) is 41.7. The van der Waals surface area contributed by atoms with Crippen molar-refractivity contribution in [3.8, 4) is 28.1 Å². The minimum Gasteiger partial charge on any atom is -0.488 e. The first-order chi connectivity index (χ1) is 28.2. The Balaban J connectivity index is 1.05. The van der Waals surface area contributed by atoms with Crippen LogP contribution in [-0.2, 0) is 25.6 Å². The molecule has 3 N–H and O–H groups in total. The Hall–Kier alpha value is -5.63. The van der Waals surface area contributed by atoms with Crippen molar-refractivity contribution in [1.29, 1.82) is 0 Å². The number of aromatic amines is 2. The van der Waals surface area contributed by atoms with E-state index in [0.29, 0.717) is 26.3 Å². The van der Waals surface area contributed by atoms with Gasteiger partial charge in [0.2, 0.25) is 5.91 Å². The SMILES string of the molecule is CC[C@H](C)[C@H](NC(=O)OC)C(=O)N1C[C@@H](C)C[C@H]1c1ncc(-c2ccc3c(c2)COc2cc4c(ccc5[nH]c([C@@H]6C[C@H](COC)CN6C(=O)OC(C)(C)C)nc54)cc2-3)[nH]1. The highest BCUT2D eigenvalue weighted by molar-refractivity contribution is 6.07. The largest absolute Gasteiger partial charge is 0.488 e. The average Bonchev–Trinajstić information content (AvgIpc) is 4.03. The highest BCUT2D eigenvalue weighted by atomic mass is 16.6. The number of ether oxygens (including phenoxy) is 4. The van der Waals surface area contributed by atoms with Gasteiger partial charge in [-0.25, -0.2) is 19.6 Å². The maximum atomic E-state index is 13.9. The summed E-state index contributed by atoms with van der Waals surface area (Å²) >= 11 is 0. The third-order valence-electron chi connectivity index (χ3n) is 12.1. The third-order valence-corrected chi connectivity index (χ3v) is 12.1. The number of nitrogens with one attached hydrogen (secondary N) is 3. The first-order valence-electron chi connectivity index (χ1n) is 20.7. The summed E-state index contributed by atoms with van der Waals surface area (Å²) in [6.45, 7) is 13.8. The number of aromatic nitrogens is 4. The molecule has 5 heterocycles. The fraction of sp³-hybridized carbons (Fsp3) is 0.489. The van der Waals surface area contributed by atoms with Gasteiger partial charge in [-0.1, -0.05) is 45.4 Å². The van der Waals surface area contributed by atoms with Crippen LogP contribution in [0.1, 0.15) is 90.1 Å². The van der Waals surface area contributed by atoms with Crippen molar-refractivity contribution in [1.82, 2.24) is 35.1 Å². The van der Waals surface area contributed by atoms with Gasteiger partial charge >= 0.3 is 12.2 Å². The van der Waals surface area contributed by atoms with Crippen LogP contribution < -0.4 is 10.1 Å². The van der Waals surface area contributed by atoms with Gasteiger partial charge < -0.3 is 39.1 Å². The summed E-state index contributed by atoms with van der Waals surface area (Å²) in [4.78, 5) is 60.0. The molecule has 0 spiro atoms. The lowest BCUT2D eigenvalue weighted by molar-refractivity contribution is -0.135. The van der Waals surface area contributed by atoms with E-state index in [-0.39, 0.29) is 41.8 Å². The summed E-state index contributed by atoms with van der Waals surface area (Å²) in [5.41, 5.74) is 6.07. The first kappa shape index (κ1) is 40.2. The number of carbonyl (C=O) groups excluding carboxylic acids is 3. The molecule has 0 radical (unpaired) electrons. The zero-order valence-corrected chi connectivity index (χ0v) is 35.2. The minimum atomic E-state index is -0.693. The van der Waals surface area contributed by atoms with Crippen molar-refractivity contribution < 1.29 is 33.3 Å². The smallest absolute Gasteiger partial charge is 0.410 e. The second-order valence-corrected chi connectivity index (χ2v) is 17.5. The molecular formula is C45H55N7O7. The molecule has 2 saturated heterocycles. The maximum absolute atomic E-state index is 13.9. The first-order valence-corrected chi connectivity index (χ1v) is 20.7. The van der Waals surface area contributed by atoms with Gasteiger partial charge in [-0.2, -0.15) is 0 Å². The fourth-order valence-corrected chi connectivity index (χ4v) is 8.94. The Morgan fingerprint density at radius 2 is 1.78 bits per heavy atom. The lowest BCUT2D eigenvalue weighted by Crippen LogP contribution is -2.51. The molecule has 6 atom stereocenters. The van der Waals surface area contributed by atoms with E-state index < -0.39 is 17.7 Å². The number of rotatable bonds is 9. The molecule has 2 fully saturated rings. The molecule has 0 saturated carbocycles. The number of methoxy groups -OCH3 is 2. The van der Waals surface area contributed by atoms with E-state index in [4.69, 9.17) is 28.9 Å². The van der Waals surface area contributed by atoms with Gasteiger partial charge in [0.05, 0.1) is 48.7 Å². The standard InChI is InChI=1S/C45H55N7O7/c1-9-25(3)38(50-43(54)57-8)42(53)51-20-24(2)14-35(51)40-46-19-34(48-40)28-10-12-30-29(16-28)23-58-37-18-31-27(17-32(30)37)11-13-33-39(31)49-41(47-33)36-15-26(22-56-7)21-52(36)44(55)59-45(4,5)6/h10-13,16-19,24-26,35-36,38H,9,14-15,20-23H2,1-8H3,(H,46,48)(H,47,49)(H,50,54)/t24-,25-,26-,35-,36-,38-/m0/s1. The molecule has 5 aromatic rings. The van der Waals surface area contributed by atoms with E-state index in [1.165, 1.54) is 7.11 Å². The van der Waals surface area contributed by atoms with Crippen molar-refractivity contribution in [2.24, 2.45) is 17.8 Å². The summed E-state index contributed by atoms with van der Waals surface area (Å²) in [5.74, 6) is 2.47. The zero-order valence-electron chi connectivity index (χ0n) is 35.2. The summed E-state index contributed by atoms with van der Waals surface area (Å²) in [7, 11) is 2.99. The van der Waals surface area contributed by atoms with E-state index >= 15 is 0 Å². The number of hydrogen-bond donors (Lipinski definition) is 3. The van der Waals surface area contributed by atoms with Crippen molar-refractivity contribution in [2.75, 3.05) is 33.9 Å². The number of alkyl carbamates (subject to hydrolysis) is 1. The molecule has 0 unspecified atom stereocenters. The van der Waals surface area contributed by atoms with Crippen LogP contribution in [0.5, 0.6) is 5.75 Å². The van der Waals surface area contributed by atoms with E-state index in [9.17, 15) is 14.4 Å². The number of benzene rings is 3. The molecule has 8 rings (SSSR count). The molecular weight excluding hydrogens is 751 g/mol.